The van der Waals surface area contributed by atoms with E-state index in [0.717, 1.165) is 29.5 Å². The van der Waals surface area contributed by atoms with Crippen molar-refractivity contribution in [2.75, 3.05) is 24.2 Å². The Labute approximate surface area is 207 Å². The number of halogens is 4. The minimum atomic E-state index is -4.83. The van der Waals surface area contributed by atoms with E-state index >= 15 is 0 Å². The van der Waals surface area contributed by atoms with Crippen LogP contribution in [0.5, 0.6) is 0 Å². The second-order valence-electron chi connectivity index (χ2n) is 7.92. The molecule has 0 aliphatic rings. The van der Waals surface area contributed by atoms with Gasteiger partial charge < -0.3 is 10.2 Å². The number of anilines is 1. The number of nitrogens with zero attached hydrogens (tertiary/aromatic N) is 2. The summed E-state index contributed by atoms with van der Waals surface area (Å²) in [6, 6.07) is 8.85. The Morgan fingerprint density at radius 3 is 2.29 bits per heavy atom. The molecule has 0 bridgehead atoms. The molecule has 2 aromatic rings. The van der Waals surface area contributed by atoms with Gasteiger partial charge in [0.15, 0.2) is 0 Å². The average molecular weight is 534 g/mol. The van der Waals surface area contributed by atoms with Crippen molar-refractivity contribution in [2.45, 2.75) is 39.0 Å². The van der Waals surface area contributed by atoms with E-state index in [0.29, 0.717) is 10.4 Å². The number of carbonyl (C=O) groups excluding carboxylic acids is 2. The van der Waals surface area contributed by atoms with Gasteiger partial charge in [0.1, 0.15) is 12.6 Å². The third kappa shape index (κ3) is 7.11. The summed E-state index contributed by atoms with van der Waals surface area (Å²) < 4.78 is 65.8. The zero-order valence-corrected chi connectivity index (χ0v) is 21.3. The molecule has 0 aliphatic heterocycles. The molecule has 0 aliphatic carbocycles. The third-order valence-electron chi connectivity index (χ3n) is 5.46. The lowest BCUT2D eigenvalue weighted by Gasteiger charge is -2.33. The summed E-state index contributed by atoms with van der Waals surface area (Å²) in [7, 11) is -2.77. The summed E-state index contributed by atoms with van der Waals surface area (Å²) >= 11 is 5.66. The molecule has 0 saturated carbocycles. The van der Waals surface area contributed by atoms with Crippen molar-refractivity contribution >= 4 is 39.1 Å². The molecule has 1 N–H and O–H groups in total. The standard InChI is InChI=1S/C23H27ClF3N3O4S/c1-5-20(22(32)28-3)29(13-16-9-7-6-8-15(16)2)21(31)14-30(35(4,33)34)17-10-11-19(24)18(12-17)23(25,26)27/h6-12,20H,5,13-14H2,1-4H3,(H,28,32)/t20-/m0/s1. The van der Waals surface area contributed by atoms with Crippen molar-refractivity contribution in [3.8, 4) is 0 Å². The van der Waals surface area contributed by atoms with Crippen molar-refractivity contribution in [3.05, 3.63) is 64.2 Å². The monoisotopic (exact) mass is 533 g/mol. The molecule has 1 atom stereocenters. The lowest BCUT2D eigenvalue weighted by Crippen LogP contribution is -2.51. The maximum absolute atomic E-state index is 13.5. The molecule has 0 spiro atoms. The molecule has 0 aromatic heterocycles. The Bertz CT molecular complexity index is 1190. The minimum absolute atomic E-state index is 0.00343. The normalized spacial score (nSPS) is 12.7. The fourth-order valence-electron chi connectivity index (χ4n) is 3.56. The van der Waals surface area contributed by atoms with Gasteiger partial charge >= 0.3 is 6.18 Å². The molecule has 0 radical (unpaired) electrons. The van der Waals surface area contributed by atoms with Crippen LogP contribution < -0.4 is 9.62 Å². The molecular formula is C23H27ClF3N3O4S. The quantitative estimate of drug-likeness (QED) is 0.528. The molecule has 2 amide bonds. The number of benzene rings is 2. The third-order valence-corrected chi connectivity index (χ3v) is 6.93. The van der Waals surface area contributed by atoms with Gasteiger partial charge in [0.05, 0.1) is 22.5 Å². The van der Waals surface area contributed by atoms with Crippen LogP contribution in [0.4, 0.5) is 18.9 Å². The van der Waals surface area contributed by atoms with Crippen molar-refractivity contribution in [1.82, 2.24) is 10.2 Å². The number of sulfonamides is 1. The number of aryl methyl sites for hydroxylation is 1. The molecule has 0 fully saturated rings. The number of carbonyl (C=O) groups is 2. The van der Waals surface area contributed by atoms with Crippen molar-refractivity contribution in [1.29, 1.82) is 0 Å². The number of nitrogens with one attached hydrogen (secondary N) is 1. The molecule has 12 heteroatoms. The summed E-state index contributed by atoms with van der Waals surface area (Å²) in [5.74, 6) is -1.20. The SMILES string of the molecule is CC[C@@H](C(=O)NC)N(Cc1ccccc1C)C(=O)CN(c1ccc(Cl)c(C(F)(F)F)c1)S(C)(=O)=O. The first-order valence-electron chi connectivity index (χ1n) is 10.6. The van der Waals surface area contributed by atoms with Gasteiger partial charge in [-0.2, -0.15) is 13.2 Å². The van der Waals surface area contributed by atoms with Gasteiger partial charge in [0.2, 0.25) is 21.8 Å². The lowest BCUT2D eigenvalue weighted by atomic mass is 10.1. The van der Waals surface area contributed by atoms with Crippen LogP contribution >= 0.6 is 11.6 Å². The Kier molecular flexibility index (Phi) is 9.18. The van der Waals surface area contributed by atoms with Crippen LogP contribution in [0.2, 0.25) is 5.02 Å². The van der Waals surface area contributed by atoms with Gasteiger partial charge in [-0.05, 0) is 42.7 Å². The first-order chi connectivity index (χ1) is 16.2. The van der Waals surface area contributed by atoms with Gasteiger partial charge in [-0.3, -0.25) is 13.9 Å². The summed E-state index contributed by atoms with van der Waals surface area (Å²) in [6.45, 7) is 2.72. The Morgan fingerprint density at radius 2 is 1.77 bits per heavy atom. The van der Waals surface area contributed by atoms with Crippen LogP contribution in [0.25, 0.3) is 0 Å². The molecule has 2 aromatic carbocycles. The Balaban J connectivity index is 2.53. The van der Waals surface area contributed by atoms with E-state index in [-0.39, 0.29) is 18.7 Å². The number of likely N-dealkylation sites (N-methyl/N-ethyl adjacent to an activating group) is 1. The second kappa shape index (κ2) is 11.3. The van der Waals surface area contributed by atoms with Gasteiger partial charge in [0, 0.05) is 13.6 Å². The zero-order valence-electron chi connectivity index (χ0n) is 19.7. The number of alkyl halides is 3. The topological polar surface area (TPSA) is 86.8 Å². The second-order valence-corrected chi connectivity index (χ2v) is 10.2. The molecule has 35 heavy (non-hydrogen) atoms. The predicted molar refractivity (Wildman–Crippen MR) is 129 cm³/mol. The summed E-state index contributed by atoms with van der Waals surface area (Å²) in [5.41, 5.74) is -0.0164. The van der Waals surface area contributed by atoms with Crippen LogP contribution in [0.15, 0.2) is 42.5 Å². The van der Waals surface area contributed by atoms with Crippen LogP contribution in [0.3, 0.4) is 0 Å². The highest BCUT2D eigenvalue weighted by molar-refractivity contribution is 7.92. The molecule has 192 valence electrons. The van der Waals surface area contributed by atoms with E-state index in [1.54, 1.807) is 19.1 Å². The van der Waals surface area contributed by atoms with Crippen molar-refractivity contribution < 1.29 is 31.2 Å². The van der Waals surface area contributed by atoms with E-state index in [1.807, 2.05) is 19.1 Å². The minimum Gasteiger partial charge on any atom is -0.357 e. The van der Waals surface area contributed by atoms with Crippen LogP contribution in [-0.2, 0) is 32.3 Å². The molecule has 0 heterocycles. The van der Waals surface area contributed by atoms with E-state index in [4.69, 9.17) is 11.6 Å². The smallest absolute Gasteiger partial charge is 0.357 e. The molecule has 7 nitrogen and oxygen atoms in total. The van der Waals surface area contributed by atoms with E-state index in [2.05, 4.69) is 5.32 Å². The lowest BCUT2D eigenvalue weighted by molar-refractivity contribution is -0.140. The highest BCUT2D eigenvalue weighted by Crippen LogP contribution is 2.37. The maximum atomic E-state index is 13.5. The fraction of sp³-hybridized carbons (Fsp3) is 0.391. The number of hydrogen-bond donors (Lipinski definition) is 1. The first kappa shape index (κ1) is 28.4. The van der Waals surface area contributed by atoms with E-state index in [1.165, 1.54) is 11.9 Å². The van der Waals surface area contributed by atoms with Crippen LogP contribution in [-0.4, -0.2) is 51.0 Å². The average Bonchev–Trinajstić information content (AvgIpc) is 2.77. The molecule has 0 saturated heterocycles. The number of rotatable bonds is 9. The summed E-state index contributed by atoms with van der Waals surface area (Å²) in [5, 5.41) is 1.89. The van der Waals surface area contributed by atoms with Gasteiger partial charge in [-0.25, -0.2) is 8.42 Å². The van der Waals surface area contributed by atoms with Crippen LogP contribution in [0, 0.1) is 6.92 Å². The summed E-state index contributed by atoms with van der Waals surface area (Å²) in [4.78, 5) is 27.2. The number of hydrogen-bond acceptors (Lipinski definition) is 4. The van der Waals surface area contributed by atoms with E-state index in [9.17, 15) is 31.2 Å². The Morgan fingerprint density at radius 1 is 1.14 bits per heavy atom. The zero-order chi connectivity index (χ0) is 26.6. The fourth-order valence-corrected chi connectivity index (χ4v) is 4.62. The molecular weight excluding hydrogens is 507 g/mol. The largest absolute Gasteiger partial charge is 0.417 e. The van der Waals surface area contributed by atoms with Crippen molar-refractivity contribution in [3.63, 3.8) is 0 Å². The highest BCUT2D eigenvalue weighted by atomic mass is 35.5. The highest BCUT2D eigenvalue weighted by Gasteiger charge is 2.36. The molecule has 0 unspecified atom stereocenters. The van der Waals surface area contributed by atoms with E-state index < -0.39 is 51.2 Å². The van der Waals surface area contributed by atoms with Crippen molar-refractivity contribution in [2.24, 2.45) is 0 Å². The first-order valence-corrected chi connectivity index (χ1v) is 12.8. The van der Waals surface area contributed by atoms with Gasteiger partial charge in [0.25, 0.3) is 0 Å². The van der Waals surface area contributed by atoms with Gasteiger partial charge in [-0.15, -0.1) is 0 Å². The summed E-state index contributed by atoms with van der Waals surface area (Å²) in [6.07, 6.45) is -3.82. The predicted octanol–water partition coefficient (Wildman–Crippen LogP) is 3.99. The van der Waals surface area contributed by atoms with Crippen LogP contribution in [0.1, 0.15) is 30.0 Å². The molecule has 2 rings (SSSR count). The maximum Gasteiger partial charge on any atom is 0.417 e. The Hall–Kier alpha value is -2.79. The number of amides is 2. The van der Waals surface area contributed by atoms with Gasteiger partial charge in [-0.1, -0.05) is 42.8 Å².